The molecule has 0 aliphatic carbocycles. The Kier molecular flexibility index (Phi) is 7.28. The second-order valence-corrected chi connectivity index (χ2v) is 6.37. The van der Waals surface area contributed by atoms with Crippen molar-refractivity contribution in [2.24, 2.45) is 0 Å². The maximum absolute atomic E-state index is 12.9. The van der Waals surface area contributed by atoms with Gasteiger partial charge in [0.1, 0.15) is 0 Å². The quantitative estimate of drug-likeness (QED) is 0.282. The van der Waals surface area contributed by atoms with Crippen molar-refractivity contribution in [3.8, 4) is 22.5 Å². The van der Waals surface area contributed by atoms with E-state index in [0.717, 1.165) is 22.5 Å². The molecule has 0 fully saturated rings. The predicted octanol–water partition coefficient (Wildman–Crippen LogP) is 5.42. The fourth-order valence-corrected chi connectivity index (χ4v) is 2.97. The van der Waals surface area contributed by atoms with Crippen LogP contribution in [0.25, 0.3) is 22.5 Å². The van der Waals surface area contributed by atoms with Gasteiger partial charge in [-0.15, -0.1) is 12.1 Å². The molecule has 4 nitrogen and oxygen atoms in total. The van der Waals surface area contributed by atoms with Gasteiger partial charge in [-0.3, -0.25) is 9.78 Å². The van der Waals surface area contributed by atoms with Crippen LogP contribution in [0.3, 0.4) is 0 Å². The largest absolute Gasteiger partial charge is 2.00 e. The zero-order chi connectivity index (χ0) is 19.9. The summed E-state index contributed by atoms with van der Waals surface area (Å²) in [5, 5.41) is 4.55. The van der Waals surface area contributed by atoms with E-state index in [1.165, 1.54) is 4.68 Å². The number of hydrogen-bond acceptors (Lipinski definition) is 3. The number of carbonyl (C=O) groups excluding carboxylic acids is 1. The summed E-state index contributed by atoms with van der Waals surface area (Å²) in [6.45, 7) is 0. The summed E-state index contributed by atoms with van der Waals surface area (Å²) in [5.41, 5.74) is 4.05. The molecule has 0 saturated heterocycles. The average molecular weight is 433 g/mol. The normalized spacial score (nSPS) is 9.87. The van der Waals surface area contributed by atoms with E-state index in [9.17, 15) is 4.79 Å². The van der Waals surface area contributed by atoms with Gasteiger partial charge in [-0.1, -0.05) is 42.0 Å². The minimum absolute atomic E-state index is 0. The topological polar surface area (TPSA) is 47.8 Å². The van der Waals surface area contributed by atoms with Gasteiger partial charge in [-0.2, -0.15) is 35.4 Å². The third-order valence-electron chi connectivity index (χ3n) is 4.41. The standard InChI is InChI=1S/C20H14N3O.C5H5.Fe/c24-20(17-10-12-21-13-11-17)23-19(16-8-2-1-3-9-16)14-18(22-23)15-6-4-5-7-15;1-2-4-5-3-1;/h1-14H;1-5H;/q2*-1;+2. The fourth-order valence-electron chi connectivity index (χ4n) is 2.97. The van der Waals surface area contributed by atoms with Crippen LogP contribution in [0.15, 0.2) is 116 Å². The second kappa shape index (κ2) is 10.3. The first-order valence-electron chi connectivity index (χ1n) is 9.32. The van der Waals surface area contributed by atoms with Gasteiger partial charge in [0.15, 0.2) is 0 Å². The SMILES string of the molecule is O=C(c1ccncc1)n1nc(-[c-]2cccc2)cc1-c1ccccc1.[Fe+2].c1cc[cH-]c1. The van der Waals surface area contributed by atoms with Gasteiger partial charge in [0, 0.05) is 29.3 Å². The van der Waals surface area contributed by atoms with Crippen LogP contribution < -0.4 is 0 Å². The summed E-state index contributed by atoms with van der Waals surface area (Å²) in [7, 11) is 0. The molecule has 30 heavy (non-hydrogen) atoms. The van der Waals surface area contributed by atoms with E-state index in [-0.39, 0.29) is 23.0 Å². The van der Waals surface area contributed by atoms with Crippen molar-refractivity contribution in [3.63, 3.8) is 0 Å². The zero-order valence-corrected chi connectivity index (χ0v) is 17.2. The third kappa shape index (κ3) is 4.90. The molecule has 0 amide bonds. The van der Waals surface area contributed by atoms with Crippen LogP contribution in [0.4, 0.5) is 0 Å². The van der Waals surface area contributed by atoms with Gasteiger partial charge < -0.3 is 0 Å². The van der Waals surface area contributed by atoms with Crippen molar-refractivity contribution in [2.75, 3.05) is 0 Å². The van der Waals surface area contributed by atoms with E-state index in [0.29, 0.717) is 5.56 Å². The van der Waals surface area contributed by atoms with Gasteiger partial charge in [-0.25, -0.2) is 16.8 Å². The van der Waals surface area contributed by atoms with E-state index in [1.54, 1.807) is 24.5 Å². The van der Waals surface area contributed by atoms with E-state index in [4.69, 9.17) is 0 Å². The minimum Gasteiger partial charge on any atom is -0.267 e. The molecule has 0 radical (unpaired) electrons. The molecule has 0 spiro atoms. The van der Waals surface area contributed by atoms with Crippen LogP contribution >= 0.6 is 0 Å². The fraction of sp³-hybridized carbons (Fsp3) is 0. The smallest absolute Gasteiger partial charge is 0.267 e. The molecular weight excluding hydrogens is 414 g/mol. The molecule has 2 heterocycles. The number of rotatable bonds is 3. The van der Waals surface area contributed by atoms with Gasteiger partial charge in [0.2, 0.25) is 0 Å². The van der Waals surface area contributed by atoms with Crippen molar-refractivity contribution < 1.29 is 21.9 Å². The maximum Gasteiger partial charge on any atom is 2.00 e. The van der Waals surface area contributed by atoms with E-state index in [2.05, 4.69) is 10.1 Å². The molecule has 2 aromatic heterocycles. The van der Waals surface area contributed by atoms with Crippen LogP contribution in [0.5, 0.6) is 0 Å². The first kappa shape index (κ1) is 21.2. The van der Waals surface area contributed by atoms with Crippen molar-refractivity contribution in [1.29, 1.82) is 0 Å². The van der Waals surface area contributed by atoms with Gasteiger partial charge >= 0.3 is 17.1 Å². The summed E-state index contributed by atoms with van der Waals surface area (Å²) >= 11 is 0. The molecule has 0 atom stereocenters. The Morgan fingerprint density at radius 2 is 1.53 bits per heavy atom. The summed E-state index contributed by atoms with van der Waals surface area (Å²) < 4.78 is 1.47. The molecule has 5 rings (SSSR count). The minimum atomic E-state index is -0.172. The molecule has 0 unspecified atom stereocenters. The number of benzene rings is 1. The molecule has 3 aromatic carbocycles. The van der Waals surface area contributed by atoms with Crippen molar-refractivity contribution in [2.45, 2.75) is 0 Å². The molecular formula is C25H19FeN3O. The summed E-state index contributed by atoms with van der Waals surface area (Å²) in [6.07, 6.45) is 3.22. The monoisotopic (exact) mass is 433 g/mol. The first-order valence-corrected chi connectivity index (χ1v) is 9.32. The van der Waals surface area contributed by atoms with Crippen LogP contribution in [0.2, 0.25) is 0 Å². The number of aromatic nitrogens is 3. The Morgan fingerprint density at radius 3 is 2.13 bits per heavy atom. The van der Waals surface area contributed by atoms with Crippen LogP contribution in [0, 0.1) is 0 Å². The van der Waals surface area contributed by atoms with Gasteiger partial charge in [0.25, 0.3) is 5.91 Å². The Balaban J connectivity index is 0.000000376. The van der Waals surface area contributed by atoms with E-state index < -0.39 is 0 Å². The molecule has 0 bridgehead atoms. The Bertz CT molecular complexity index is 1130. The van der Waals surface area contributed by atoms with Gasteiger partial charge in [0.05, 0.1) is 0 Å². The number of nitrogens with zero attached hydrogens (tertiary/aromatic N) is 3. The molecule has 0 N–H and O–H groups in total. The first-order chi connectivity index (χ1) is 14.3. The van der Waals surface area contributed by atoms with Gasteiger partial charge in [-0.05, 0) is 17.7 Å². The third-order valence-corrected chi connectivity index (χ3v) is 4.41. The molecule has 5 heteroatoms. The maximum atomic E-state index is 12.9. The van der Waals surface area contributed by atoms with Crippen LogP contribution in [-0.2, 0) is 17.1 Å². The molecule has 148 valence electrons. The zero-order valence-electron chi connectivity index (χ0n) is 16.1. The van der Waals surface area contributed by atoms with Crippen molar-refractivity contribution in [3.05, 3.63) is 121 Å². The number of hydrogen-bond donors (Lipinski definition) is 0. The summed E-state index contributed by atoms with van der Waals surface area (Å²) in [5.74, 6) is -0.172. The van der Waals surface area contributed by atoms with E-state index in [1.807, 2.05) is 91.0 Å². The van der Waals surface area contributed by atoms with Crippen LogP contribution in [-0.4, -0.2) is 20.7 Å². The molecule has 0 saturated carbocycles. The van der Waals surface area contributed by atoms with Crippen molar-refractivity contribution >= 4 is 5.91 Å². The average Bonchev–Trinajstić information content (AvgIpc) is 3.57. The Morgan fingerprint density at radius 1 is 0.867 bits per heavy atom. The summed E-state index contributed by atoms with van der Waals surface area (Å²) in [4.78, 5) is 16.9. The Labute approximate surface area is 186 Å². The van der Waals surface area contributed by atoms with Crippen molar-refractivity contribution in [1.82, 2.24) is 14.8 Å². The summed E-state index contributed by atoms with van der Waals surface area (Å²) in [6, 6.07) is 33.0. The second-order valence-electron chi connectivity index (χ2n) is 6.37. The molecule has 0 aliphatic heterocycles. The molecule has 5 aromatic rings. The molecule has 0 aliphatic rings. The van der Waals surface area contributed by atoms with Crippen LogP contribution in [0.1, 0.15) is 10.4 Å². The number of carbonyl (C=O) groups is 1. The Hall–Kier alpha value is -3.53. The predicted molar refractivity (Wildman–Crippen MR) is 115 cm³/mol. The van der Waals surface area contributed by atoms with E-state index >= 15 is 0 Å². The number of pyridine rings is 1.